The van der Waals surface area contributed by atoms with Gasteiger partial charge in [0.25, 0.3) is 10.0 Å². The fourth-order valence-corrected chi connectivity index (χ4v) is 5.51. The number of anilines is 1. The highest BCUT2D eigenvalue weighted by molar-refractivity contribution is 7.92. The molecule has 0 spiro atoms. The summed E-state index contributed by atoms with van der Waals surface area (Å²) in [5.41, 5.74) is 5.64. The van der Waals surface area contributed by atoms with E-state index in [1.165, 1.54) is 0 Å². The van der Waals surface area contributed by atoms with Gasteiger partial charge in [-0.15, -0.1) is 5.10 Å². The zero-order chi connectivity index (χ0) is 25.4. The summed E-state index contributed by atoms with van der Waals surface area (Å²) in [7, 11) is -3.94. The van der Waals surface area contributed by atoms with Gasteiger partial charge in [0.1, 0.15) is 0 Å². The summed E-state index contributed by atoms with van der Waals surface area (Å²) < 4.78 is 38.5. The first kappa shape index (κ1) is 23.8. The summed E-state index contributed by atoms with van der Waals surface area (Å²) in [6.45, 7) is 8.16. The maximum absolute atomic E-state index is 13.5. The molecule has 0 saturated heterocycles. The van der Waals surface area contributed by atoms with Crippen LogP contribution in [0.5, 0.6) is 0 Å². The van der Waals surface area contributed by atoms with Gasteiger partial charge in [0.15, 0.2) is 11.5 Å². The molecule has 5 rings (SSSR count). The van der Waals surface area contributed by atoms with Crippen molar-refractivity contribution in [2.45, 2.75) is 52.0 Å². The molecule has 0 aliphatic carbocycles. The fraction of sp³-hybridized carbons (Fsp3) is 0.269. The number of sulfonamides is 1. The number of aryl methyl sites for hydroxylation is 3. The van der Waals surface area contributed by atoms with Gasteiger partial charge in [-0.05, 0) is 37.5 Å². The van der Waals surface area contributed by atoms with Crippen molar-refractivity contribution in [3.05, 3.63) is 82.9 Å². The largest absolute Gasteiger partial charge is 0.337 e. The van der Waals surface area contributed by atoms with E-state index in [0.717, 1.165) is 41.0 Å². The van der Waals surface area contributed by atoms with Gasteiger partial charge in [-0.1, -0.05) is 61.5 Å². The third-order valence-corrected chi connectivity index (χ3v) is 7.76. The van der Waals surface area contributed by atoms with Crippen LogP contribution >= 0.6 is 0 Å². The third-order valence-electron chi connectivity index (χ3n) is 6.37. The molecule has 0 aliphatic heterocycles. The van der Waals surface area contributed by atoms with Gasteiger partial charge in [0, 0.05) is 29.3 Å². The number of benzene rings is 2. The molecule has 0 amide bonds. The maximum atomic E-state index is 13.5. The second-order valence-electron chi connectivity index (χ2n) is 8.68. The summed E-state index contributed by atoms with van der Waals surface area (Å²) in [4.78, 5) is 4.83. The first-order valence-corrected chi connectivity index (χ1v) is 13.4. The van der Waals surface area contributed by atoms with Crippen molar-refractivity contribution in [3.8, 4) is 11.1 Å². The maximum Gasteiger partial charge on any atom is 0.264 e. The van der Waals surface area contributed by atoms with Gasteiger partial charge in [-0.3, -0.25) is 4.68 Å². The Hall–Kier alpha value is -3.92. The predicted octanol–water partition coefficient (Wildman–Crippen LogP) is 4.78. The molecule has 0 fully saturated rings. The quantitative estimate of drug-likeness (QED) is 0.326. The smallest absolute Gasteiger partial charge is 0.264 e. The lowest BCUT2D eigenvalue weighted by Crippen LogP contribution is -2.15. The molecule has 0 bridgehead atoms. The van der Waals surface area contributed by atoms with Crippen molar-refractivity contribution in [1.29, 1.82) is 0 Å². The summed E-state index contributed by atoms with van der Waals surface area (Å²) in [6.07, 6.45) is 3.65. The topological polar surface area (TPSA) is 107 Å². The van der Waals surface area contributed by atoms with Gasteiger partial charge < -0.3 is 4.52 Å². The Balaban J connectivity index is 1.57. The number of rotatable bonds is 8. The normalized spacial score (nSPS) is 11.9. The Morgan fingerprint density at radius 2 is 1.67 bits per heavy atom. The van der Waals surface area contributed by atoms with Crippen LogP contribution in [0.3, 0.4) is 0 Å². The molecular weight excluding hydrogens is 476 g/mol. The number of nitrogens with one attached hydrogen (secondary N) is 1. The monoisotopic (exact) mass is 504 g/mol. The van der Waals surface area contributed by atoms with Gasteiger partial charge in [-0.2, -0.15) is 4.63 Å². The minimum absolute atomic E-state index is 0.121. The van der Waals surface area contributed by atoms with E-state index in [9.17, 15) is 8.42 Å². The third kappa shape index (κ3) is 4.17. The number of nitrogens with zero attached hydrogens (tertiary/aromatic N) is 5. The Labute approximate surface area is 209 Å². The molecular formula is C26H28N6O3S. The van der Waals surface area contributed by atoms with Crippen molar-refractivity contribution < 1.29 is 12.9 Å². The summed E-state index contributed by atoms with van der Waals surface area (Å²) in [5.74, 6) is 0.915. The lowest BCUT2D eigenvalue weighted by molar-refractivity contribution is 0.430. The number of fused-ring (bicyclic) bond motifs is 1. The van der Waals surface area contributed by atoms with E-state index >= 15 is 0 Å². The lowest BCUT2D eigenvalue weighted by Gasteiger charge is -2.15. The van der Waals surface area contributed by atoms with E-state index in [4.69, 9.17) is 4.52 Å². The molecule has 3 aromatic heterocycles. The molecule has 36 heavy (non-hydrogen) atoms. The van der Waals surface area contributed by atoms with E-state index in [0.29, 0.717) is 23.4 Å². The zero-order valence-corrected chi connectivity index (χ0v) is 21.5. The minimum Gasteiger partial charge on any atom is -0.337 e. The summed E-state index contributed by atoms with van der Waals surface area (Å²) in [5, 5.41) is 8.52. The molecule has 186 valence electrons. The zero-order valence-electron chi connectivity index (χ0n) is 20.7. The number of hydrogen-bond donors (Lipinski definition) is 1. The van der Waals surface area contributed by atoms with Crippen LogP contribution in [0.25, 0.3) is 16.8 Å². The van der Waals surface area contributed by atoms with Crippen LogP contribution in [0.1, 0.15) is 42.1 Å². The molecule has 0 saturated carbocycles. The van der Waals surface area contributed by atoms with Crippen LogP contribution in [-0.2, 0) is 29.4 Å². The van der Waals surface area contributed by atoms with Crippen molar-refractivity contribution in [2.24, 2.45) is 0 Å². The number of aromatic nitrogens is 5. The summed E-state index contributed by atoms with van der Waals surface area (Å²) in [6, 6.07) is 14.8. The van der Waals surface area contributed by atoms with Crippen LogP contribution in [0.15, 0.2) is 64.1 Å². The highest BCUT2D eigenvalue weighted by Gasteiger charge is 2.24. The van der Waals surface area contributed by atoms with Gasteiger partial charge in [0.05, 0.1) is 17.1 Å². The van der Waals surface area contributed by atoms with E-state index in [2.05, 4.69) is 33.1 Å². The molecule has 2 aromatic carbocycles. The first-order chi connectivity index (χ1) is 17.3. The molecule has 5 aromatic rings. The highest BCUT2D eigenvalue weighted by Crippen LogP contribution is 2.32. The van der Waals surface area contributed by atoms with Gasteiger partial charge in [-0.25, -0.2) is 18.1 Å². The standard InChI is InChI=1S/C26H28N6O3S/c1-5-19-15-31(32-25(19)27-24(6-2)28-32)16-20-11-7-8-12-21(20)22-13-9-10-14-23(22)36(33,34)30-26-17(3)18(4)29-35-26/h7-15,30H,5-6,16H2,1-4H3. The molecule has 0 atom stereocenters. The van der Waals surface area contributed by atoms with Crippen molar-refractivity contribution >= 4 is 21.6 Å². The van der Waals surface area contributed by atoms with Gasteiger partial charge in [0.2, 0.25) is 5.88 Å². The Morgan fingerprint density at radius 3 is 2.36 bits per heavy atom. The molecule has 0 unspecified atom stereocenters. The predicted molar refractivity (Wildman–Crippen MR) is 137 cm³/mol. The Morgan fingerprint density at radius 1 is 0.944 bits per heavy atom. The van der Waals surface area contributed by atoms with E-state index in [1.807, 2.05) is 52.6 Å². The minimum atomic E-state index is -3.94. The number of hydrogen-bond acceptors (Lipinski definition) is 6. The van der Waals surface area contributed by atoms with Crippen LogP contribution in [0.4, 0.5) is 5.88 Å². The van der Waals surface area contributed by atoms with E-state index < -0.39 is 10.0 Å². The lowest BCUT2D eigenvalue weighted by atomic mass is 9.99. The SMILES string of the molecule is CCc1nc2c(CC)cn(Cc3ccccc3-c3ccccc3S(=O)(=O)Nc3onc(C)c3C)n2n1. The van der Waals surface area contributed by atoms with Gasteiger partial charge >= 0.3 is 0 Å². The molecule has 3 heterocycles. The van der Waals surface area contributed by atoms with Crippen molar-refractivity contribution in [2.75, 3.05) is 4.72 Å². The van der Waals surface area contributed by atoms with Crippen LogP contribution in [-0.4, -0.2) is 33.0 Å². The van der Waals surface area contributed by atoms with Crippen molar-refractivity contribution in [1.82, 2.24) is 24.6 Å². The van der Waals surface area contributed by atoms with E-state index in [1.54, 1.807) is 26.0 Å². The second-order valence-corrected chi connectivity index (χ2v) is 10.3. The van der Waals surface area contributed by atoms with Crippen molar-refractivity contribution in [3.63, 3.8) is 0 Å². The second kappa shape index (κ2) is 9.27. The van der Waals surface area contributed by atoms with Crippen LogP contribution in [0.2, 0.25) is 0 Å². The molecule has 1 N–H and O–H groups in total. The molecule has 0 radical (unpaired) electrons. The van der Waals surface area contributed by atoms with E-state index in [-0.39, 0.29) is 10.8 Å². The molecule has 10 heteroatoms. The average Bonchev–Trinajstić information content (AvgIpc) is 3.54. The fourth-order valence-electron chi connectivity index (χ4n) is 4.24. The van der Waals surface area contributed by atoms with Crippen LogP contribution in [0, 0.1) is 13.8 Å². The Kier molecular flexibility index (Phi) is 6.13. The highest BCUT2D eigenvalue weighted by atomic mass is 32.2. The summed E-state index contributed by atoms with van der Waals surface area (Å²) >= 11 is 0. The molecule has 0 aliphatic rings. The van der Waals surface area contributed by atoms with Crippen LogP contribution < -0.4 is 4.72 Å². The molecule has 9 nitrogen and oxygen atoms in total. The first-order valence-electron chi connectivity index (χ1n) is 11.9. The Bertz CT molecular complexity index is 1660. The average molecular weight is 505 g/mol.